The van der Waals surface area contributed by atoms with Crippen LogP contribution in [0.15, 0.2) is 42.5 Å². The predicted molar refractivity (Wildman–Crippen MR) is 138 cm³/mol. The fraction of sp³-hybridized carbons (Fsp3) is 0.423. The maximum absolute atomic E-state index is 5.38. The summed E-state index contributed by atoms with van der Waals surface area (Å²) in [5.41, 5.74) is 2.10. The predicted octanol–water partition coefficient (Wildman–Crippen LogP) is 4.87. The van der Waals surface area contributed by atoms with Crippen molar-refractivity contribution in [2.75, 3.05) is 37.3 Å². The average molecular weight is 479 g/mol. The van der Waals surface area contributed by atoms with Gasteiger partial charge in [0.2, 0.25) is 17.8 Å². The van der Waals surface area contributed by atoms with Crippen molar-refractivity contribution in [2.45, 2.75) is 51.2 Å². The molecule has 35 heavy (non-hydrogen) atoms. The zero-order valence-corrected chi connectivity index (χ0v) is 20.6. The molecule has 1 fully saturated rings. The van der Waals surface area contributed by atoms with Gasteiger partial charge in [0.25, 0.3) is 0 Å². The van der Waals surface area contributed by atoms with Crippen LogP contribution in [0.5, 0.6) is 17.2 Å². The molecule has 3 N–H and O–H groups in total. The third-order valence-corrected chi connectivity index (χ3v) is 6.05. The van der Waals surface area contributed by atoms with Gasteiger partial charge in [-0.15, -0.1) is 0 Å². The fourth-order valence-electron chi connectivity index (χ4n) is 4.10. The van der Waals surface area contributed by atoms with Crippen molar-refractivity contribution in [1.82, 2.24) is 15.0 Å². The summed E-state index contributed by atoms with van der Waals surface area (Å²) in [6.45, 7) is 1.10. The van der Waals surface area contributed by atoms with Gasteiger partial charge in [-0.1, -0.05) is 31.4 Å². The van der Waals surface area contributed by atoms with E-state index in [0.29, 0.717) is 37.0 Å². The lowest BCUT2D eigenvalue weighted by molar-refractivity contribution is 0.393. The topological polar surface area (TPSA) is 102 Å². The third-order valence-electron chi connectivity index (χ3n) is 6.05. The van der Waals surface area contributed by atoms with Gasteiger partial charge in [0.1, 0.15) is 17.2 Å². The van der Waals surface area contributed by atoms with Gasteiger partial charge < -0.3 is 30.2 Å². The van der Waals surface area contributed by atoms with Gasteiger partial charge in [0, 0.05) is 25.2 Å². The molecule has 1 aliphatic rings. The van der Waals surface area contributed by atoms with E-state index in [1.807, 2.05) is 42.5 Å². The number of aromatic nitrogens is 3. The molecule has 186 valence electrons. The minimum Gasteiger partial charge on any atom is -0.497 e. The normalized spacial score (nSPS) is 13.7. The van der Waals surface area contributed by atoms with Crippen LogP contribution >= 0.6 is 0 Å². The Labute approximate surface area is 206 Å². The summed E-state index contributed by atoms with van der Waals surface area (Å²) in [5.74, 6) is 3.89. The molecule has 0 bridgehead atoms. The molecular weight excluding hydrogens is 444 g/mol. The van der Waals surface area contributed by atoms with Gasteiger partial charge in [-0.25, -0.2) is 0 Å². The minimum absolute atomic E-state index is 0.385. The first-order valence-corrected chi connectivity index (χ1v) is 12.0. The molecule has 0 unspecified atom stereocenters. The van der Waals surface area contributed by atoms with Gasteiger partial charge >= 0.3 is 0 Å². The van der Waals surface area contributed by atoms with Crippen molar-refractivity contribution in [2.24, 2.45) is 0 Å². The standard InChI is InChI=1S/C26H34N6O3/c1-33-21-11-9-18(10-12-21)16-27-24-30-25(32-26(31-24)29-20-7-5-4-6-8-20)28-17-19-13-22(34-2)15-23(14-19)35-3/h9-15,20H,4-8,16-17H2,1-3H3,(H3,27,28,29,30,31,32). The van der Waals surface area contributed by atoms with Crippen LogP contribution in [0, 0.1) is 0 Å². The summed E-state index contributed by atoms with van der Waals surface area (Å²) in [4.78, 5) is 13.9. The highest BCUT2D eigenvalue weighted by molar-refractivity contribution is 5.45. The Kier molecular flexibility index (Phi) is 8.43. The van der Waals surface area contributed by atoms with Crippen molar-refractivity contribution < 1.29 is 14.2 Å². The fourth-order valence-corrected chi connectivity index (χ4v) is 4.10. The Morgan fingerprint density at radius 3 is 1.77 bits per heavy atom. The molecule has 0 atom stereocenters. The molecule has 9 nitrogen and oxygen atoms in total. The number of hydrogen-bond acceptors (Lipinski definition) is 9. The lowest BCUT2D eigenvalue weighted by Gasteiger charge is -2.23. The van der Waals surface area contributed by atoms with Gasteiger partial charge in [-0.2, -0.15) is 15.0 Å². The van der Waals surface area contributed by atoms with Crippen LogP contribution < -0.4 is 30.2 Å². The third kappa shape index (κ3) is 7.11. The lowest BCUT2D eigenvalue weighted by Crippen LogP contribution is -2.24. The molecule has 1 saturated carbocycles. The van der Waals surface area contributed by atoms with Crippen LogP contribution in [-0.2, 0) is 13.1 Å². The molecule has 4 rings (SSSR count). The summed E-state index contributed by atoms with van der Waals surface area (Å²) >= 11 is 0. The lowest BCUT2D eigenvalue weighted by atomic mass is 9.96. The quantitative estimate of drug-likeness (QED) is 0.356. The maximum Gasteiger partial charge on any atom is 0.229 e. The van der Waals surface area contributed by atoms with Crippen molar-refractivity contribution in [1.29, 1.82) is 0 Å². The van der Waals surface area contributed by atoms with Crippen LogP contribution in [0.2, 0.25) is 0 Å². The number of methoxy groups -OCH3 is 3. The summed E-state index contributed by atoms with van der Waals surface area (Å²) < 4.78 is 16.0. The highest BCUT2D eigenvalue weighted by Crippen LogP contribution is 2.24. The van der Waals surface area contributed by atoms with Crippen LogP contribution in [0.1, 0.15) is 43.2 Å². The monoisotopic (exact) mass is 478 g/mol. The molecule has 0 saturated heterocycles. The Bertz CT molecular complexity index is 1060. The van der Waals surface area contributed by atoms with E-state index < -0.39 is 0 Å². The van der Waals surface area contributed by atoms with E-state index in [2.05, 4.69) is 30.9 Å². The van der Waals surface area contributed by atoms with Crippen LogP contribution in [0.3, 0.4) is 0 Å². The Morgan fingerprint density at radius 1 is 0.657 bits per heavy atom. The Hall–Kier alpha value is -3.75. The molecule has 3 aromatic rings. The van der Waals surface area contributed by atoms with E-state index in [1.54, 1.807) is 21.3 Å². The number of ether oxygens (including phenoxy) is 3. The highest BCUT2D eigenvalue weighted by Gasteiger charge is 2.16. The van der Waals surface area contributed by atoms with Gasteiger partial charge in [0.15, 0.2) is 0 Å². The number of benzene rings is 2. The first-order chi connectivity index (χ1) is 17.1. The molecule has 9 heteroatoms. The molecule has 0 aliphatic heterocycles. The van der Waals surface area contributed by atoms with E-state index in [0.717, 1.165) is 41.2 Å². The smallest absolute Gasteiger partial charge is 0.229 e. The number of nitrogens with zero attached hydrogens (tertiary/aromatic N) is 3. The second kappa shape index (κ2) is 12.1. The minimum atomic E-state index is 0.385. The summed E-state index contributed by atoms with van der Waals surface area (Å²) in [7, 11) is 4.94. The largest absolute Gasteiger partial charge is 0.497 e. The number of hydrogen-bond donors (Lipinski definition) is 3. The second-order valence-corrected chi connectivity index (χ2v) is 8.56. The van der Waals surface area contributed by atoms with E-state index in [1.165, 1.54) is 19.3 Å². The molecule has 0 radical (unpaired) electrons. The van der Waals surface area contributed by atoms with Crippen molar-refractivity contribution in [3.05, 3.63) is 53.6 Å². The highest BCUT2D eigenvalue weighted by atomic mass is 16.5. The molecule has 2 aromatic carbocycles. The number of rotatable bonds is 11. The van der Waals surface area contributed by atoms with Crippen molar-refractivity contribution in [3.8, 4) is 17.2 Å². The Morgan fingerprint density at radius 2 is 1.20 bits per heavy atom. The van der Waals surface area contributed by atoms with E-state index in [4.69, 9.17) is 14.2 Å². The van der Waals surface area contributed by atoms with Crippen molar-refractivity contribution >= 4 is 17.8 Å². The van der Waals surface area contributed by atoms with Gasteiger partial charge in [0.05, 0.1) is 21.3 Å². The van der Waals surface area contributed by atoms with E-state index >= 15 is 0 Å². The molecular formula is C26H34N6O3. The van der Waals surface area contributed by atoms with E-state index in [-0.39, 0.29) is 0 Å². The zero-order chi connectivity index (χ0) is 24.5. The summed E-state index contributed by atoms with van der Waals surface area (Å²) in [5, 5.41) is 10.2. The summed E-state index contributed by atoms with van der Waals surface area (Å²) in [6.07, 6.45) is 6.02. The van der Waals surface area contributed by atoms with E-state index in [9.17, 15) is 0 Å². The first-order valence-electron chi connectivity index (χ1n) is 12.0. The van der Waals surface area contributed by atoms with Crippen LogP contribution in [-0.4, -0.2) is 42.3 Å². The molecule has 0 spiro atoms. The molecule has 0 amide bonds. The zero-order valence-electron chi connectivity index (χ0n) is 20.6. The second-order valence-electron chi connectivity index (χ2n) is 8.56. The number of anilines is 3. The SMILES string of the molecule is COc1ccc(CNc2nc(NCc3cc(OC)cc(OC)c3)nc(NC3CCCCC3)n2)cc1. The average Bonchev–Trinajstić information content (AvgIpc) is 2.91. The Balaban J connectivity index is 1.49. The summed E-state index contributed by atoms with van der Waals surface area (Å²) in [6, 6.07) is 14.1. The van der Waals surface area contributed by atoms with Gasteiger partial charge in [-0.3, -0.25) is 0 Å². The molecule has 1 aliphatic carbocycles. The van der Waals surface area contributed by atoms with Crippen LogP contribution in [0.25, 0.3) is 0 Å². The van der Waals surface area contributed by atoms with Gasteiger partial charge in [-0.05, 0) is 48.2 Å². The molecule has 1 aromatic heterocycles. The van der Waals surface area contributed by atoms with Crippen molar-refractivity contribution in [3.63, 3.8) is 0 Å². The number of nitrogens with one attached hydrogen (secondary N) is 3. The maximum atomic E-state index is 5.38. The van der Waals surface area contributed by atoms with Crippen LogP contribution in [0.4, 0.5) is 17.8 Å². The molecule has 1 heterocycles. The first kappa shape index (κ1) is 24.4.